The normalized spacial score (nSPS) is 10.7. The molecule has 0 radical (unpaired) electrons. The number of benzene rings is 1. The Bertz CT molecular complexity index is 615. The maximum absolute atomic E-state index is 11.9. The van der Waals surface area contributed by atoms with Crippen molar-refractivity contribution in [2.45, 2.75) is 11.3 Å². The fourth-order valence-electron chi connectivity index (χ4n) is 1.36. The molecule has 1 aromatic rings. The third-order valence-corrected chi connectivity index (χ3v) is 3.73. The molecule has 0 bridgehead atoms. The first-order chi connectivity index (χ1) is 8.92. The zero-order valence-electron chi connectivity index (χ0n) is 10.2. The molecule has 0 aliphatic heterocycles. The highest BCUT2D eigenvalue weighted by Crippen LogP contribution is 2.22. The zero-order chi connectivity index (χ0) is 14.5. The summed E-state index contributed by atoms with van der Waals surface area (Å²) in [6.07, 6.45) is 5.27. The molecule has 0 saturated carbocycles. The number of hydrogen-bond acceptors (Lipinski definition) is 4. The van der Waals surface area contributed by atoms with E-state index < -0.39 is 16.0 Å². The molecule has 0 aliphatic rings. The number of methoxy groups -OCH3 is 1. The Morgan fingerprint density at radius 3 is 2.74 bits per heavy atom. The third kappa shape index (κ3) is 3.71. The smallest absolute Gasteiger partial charge is 0.339 e. The van der Waals surface area contributed by atoms with Crippen LogP contribution < -0.4 is 9.46 Å². The Balaban J connectivity index is 3.12. The SMILES string of the molecule is C#CCCNS(=O)(=O)c1ccc(OC)c(C(=O)O)c1. The molecule has 102 valence electrons. The lowest BCUT2D eigenvalue weighted by Gasteiger charge is -2.09. The number of nitrogens with one attached hydrogen (secondary N) is 1. The number of carboxylic acids is 1. The Morgan fingerprint density at radius 2 is 2.21 bits per heavy atom. The summed E-state index contributed by atoms with van der Waals surface area (Å²) in [6.45, 7) is 0.0905. The molecule has 6 nitrogen and oxygen atoms in total. The molecule has 0 aromatic heterocycles. The van der Waals surface area contributed by atoms with Crippen molar-refractivity contribution >= 4 is 16.0 Å². The second kappa shape index (κ2) is 6.22. The highest BCUT2D eigenvalue weighted by molar-refractivity contribution is 7.89. The van der Waals surface area contributed by atoms with Gasteiger partial charge in [-0.2, -0.15) is 0 Å². The maximum Gasteiger partial charge on any atom is 0.339 e. The van der Waals surface area contributed by atoms with E-state index in [1.165, 1.54) is 19.2 Å². The summed E-state index contributed by atoms with van der Waals surface area (Å²) < 4.78 is 30.9. The minimum atomic E-state index is -3.78. The predicted molar refractivity (Wildman–Crippen MR) is 68.6 cm³/mol. The molecule has 0 fully saturated rings. The lowest BCUT2D eigenvalue weighted by molar-refractivity contribution is 0.0693. The lowest BCUT2D eigenvalue weighted by atomic mass is 10.2. The largest absolute Gasteiger partial charge is 0.496 e. The quantitative estimate of drug-likeness (QED) is 0.592. The van der Waals surface area contributed by atoms with Crippen LogP contribution in [0, 0.1) is 12.3 Å². The van der Waals surface area contributed by atoms with Crippen molar-refractivity contribution in [2.75, 3.05) is 13.7 Å². The summed E-state index contributed by atoms with van der Waals surface area (Å²) in [5.74, 6) is 1.13. The first-order valence-electron chi connectivity index (χ1n) is 5.27. The molecule has 0 aliphatic carbocycles. The van der Waals surface area contributed by atoms with E-state index in [0.29, 0.717) is 0 Å². The van der Waals surface area contributed by atoms with Crippen molar-refractivity contribution in [1.82, 2.24) is 4.72 Å². The van der Waals surface area contributed by atoms with Crippen LogP contribution in [0.15, 0.2) is 23.1 Å². The van der Waals surface area contributed by atoms with Gasteiger partial charge >= 0.3 is 5.97 Å². The van der Waals surface area contributed by atoms with Gasteiger partial charge in [0.1, 0.15) is 11.3 Å². The molecule has 0 heterocycles. The predicted octanol–water partition coefficient (Wildman–Crippen LogP) is 0.695. The van der Waals surface area contributed by atoms with Crippen LogP contribution in [0.5, 0.6) is 5.75 Å². The van der Waals surface area contributed by atoms with Crippen molar-refractivity contribution in [2.24, 2.45) is 0 Å². The van der Waals surface area contributed by atoms with E-state index in [2.05, 4.69) is 10.6 Å². The van der Waals surface area contributed by atoms with E-state index in [9.17, 15) is 13.2 Å². The molecule has 2 N–H and O–H groups in total. The minimum Gasteiger partial charge on any atom is -0.496 e. The van der Waals surface area contributed by atoms with Crippen LogP contribution in [0.25, 0.3) is 0 Å². The second-order valence-electron chi connectivity index (χ2n) is 3.52. The average molecular weight is 283 g/mol. The van der Waals surface area contributed by atoms with Crippen LogP contribution in [0.4, 0.5) is 0 Å². The van der Waals surface area contributed by atoms with Gasteiger partial charge in [-0.25, -0.2) is 17.9 Å². The number of sulfonamides is 1. The molecule has 0 atom stereocenters. The standard InChI is InChI=1S/C12H13NO5S/c1-3-4-7-13-19(16,17)9-5-6-11(18-2)10(8-9)12(14)15/h1,5-6,8,13H,4,7H2,2H3,(H,14,15). The molecule has 7 heteroatoms. The van der Waals surface area contributed by atoms with Crippen LogP contribution in [0.3, 0.4) is 0 Å². The molecule has 0 saturated heterocycles. The number of aromatic carboxylic acids is 1. The average Bonchev–Trinajstić information content (AvgIpc) is 2.38. The van der Waals surface area contributed by atoms with Gasteiger partial charge < -0.3 is 9.84 Å². The first kappa shape index (κ1) is 15.0. The Hall–Kier alpha value is -2.04. The van der Waals surface area contributed by atoms with Crippen LogP contribution >= 0.6 is 0 Å². The number of terminal acetylenes is 1. The number of ether oxygens (including phenoxy) is 1. The van der Waals surface area contributed by atoms with Gasteiger partial charge in [-0.05, 0) is 18.2 Å². The van der Waals surface area contributed by atoms with Crippen molar-refractivity contribution in [3.05, 3.63) is 23.8 Å². The Kier molecular flexibility index (Phi) is 4.92. The van der Waals surface area contributed by atoms with Crippen molar-refractivity contribution < 1.29 is 23.1 Å². The summed E-state index contributed by atoms with van der Waals surface area (Å²) >= 11 is 0. The topological polar surface area (TPSA) is 92.7 Å². The Morgan fingerprint density at radius 1 is 1.53 bits per heavy atom. The lowest BCUT2D eigenvalue weighted by Crippen LogP contribution is -2.24. The minimum absolute atomic E-state index is 0.0905. The monoisotopic (exact) mass is 283 g/mol. The fourth-order valence-corrected chi connectivity index (χ4v) is 2.42. The molecular weight excluding hydrogens is 270 g/mol. The van der Waals surface area contributed by atoms with Gasteiger partial charge in [0, 0.05) is 13.0 Å². The molecule has 0 unspecified atom stereocenters. The van der Waals surface area contributed by atoms with Crippen molar-refractivity contribution in [3.63, 3.8) is 0 Å². The molecule has 1 rings (SSSR count). The van der Waals surface area contributed by atoms with Gasteiger partial charge in [0.2, 0.25) is 10.0 Å². The summed E-state index contributed by atoms with van der Waals surface area (Å²) in [7, 11) is -2.47. The fraction of sp³-hybridized carbons (Fsp3) is 0.250. The summed E-state index contributed by atoms with van der Waals surface area (Å²) in [6, 6.07) is 3.60. The van der Waals surface area contributed by atoms with Crippen molar-refractivity contribution in [1.29, 1.82) is 0 Å². The summed E-state index contributed by atoms with van der Waals surface area (Å²) in [5.41, 5.74) is -0.220. The number of carboxylic acid groups (broad SMARTS) is 1. The van der Waals surface area contributed by atoms with Crippen molar-refractivity contribution in [3.8, 4) is 18.1 Å². The van der Waals surface area contributed by atoms with Crippen LogP contribution in [-0.4, -0.2) is 33.1 Å². The Labute approximate surface area is 111 Å². The van der Waals surface area contributed by atoms with E-state index >= 15 is 0 Å². The molecule has 0 amide bonds. The van der Waals surface area contributed by atoms with Gasteiger partial charge in [0.25, 0.3) is 0 Å². The molecule has 0 spiro atoms. The molecule has 19 heavy (non-hydrogen) atoms. The highest BCUT2D eigenvalue weighted by atomic mass is 32.2. The van der Waals surface area contributed by atoms with E-state index in [1.54, 1.807) is 0 Å². The van der Waals surface area contributed by atoms with Gasteiger partial charge in [0.05, 0.1) is 12.0 Å². The van der Waals surface area contributed by atoms with Crippen LogP contribution in [0.1, 0.15) is 16.8 Å². The van der Waals surface area contributed by atoms with Crippen LogP contribution in [0.2, 0.25) is 0 Å². The second-order valence-corrected chi connectivity index (χ2v) is 5.29. The third-order valence-electron chi connectivity index (χ3n) is 2.27. The molecule has 1 aromatic carbocycles. The van der Waals surface area contributed by atoms with E-state index in [-0.39, 0.29) is 29.2 Å². The number of hydrogen-bond donors (Lipinski definition) is 2. The van der Waals surface area contributed by atoms with E-state index in [4.69, 9.17) is 16.3 Å². The van der Waals surface area contributed by atoms with Gasteiger partial charge in [-0.3, -0.25) is 0 Å². The van der Waals surface area contributed by atoms with E-state index in [1.807, 2.05) is 0 Å². The summed E-state index contributed by atoms with van der Waals surface area (Å²) in [5, 5.41) is 8.98. The zero-order valence-corrected chi connectivity index (χ0v) is 11.0. The van der Waals surface area contributed by atoms with Gasteiger partial charge in [-0.1, -0.05) is 0 Å². The van der Waals surface area contributed by atoms with E-state index in [0.717, 1.165) is 6.07 Å². The maximum atomic E-state index is 11.9. The van der Waals surface area contributed by atoms with Gasteiger partial charge in [-0.15, -0.1) is 12.3 Å². The molecular formula is C12H13NO5S. The first-order valence-corrected chi connectivity index (χ1v) is 6.75. The number of rotatable bonds is 6. The van der Waals surface area contributed by atoms with Gasteiger partial charge in [0.15, 0.2) is 0 Å². The number of carbonyl (C=O) groups is 1. The highest BCUT2D eigenvalue weighted by Gasteiger charge is 2.18. The van der Waals surface area contributed by atoms with Crippen LogP contribution in [-0.2, 0) is 10.0 Å². The summed E-state index contributed by atoms with van der Waals surface area (Å²) in [4.78, 5) is 10.8.